The number of hydrogen-bond acceptors (Lipinski definition) is 5. The van der Waals surface area contributed by atoms with Gasteiger partial charge in [0.05, 0.1) is 6.61 Å². The molecule has 2 aliphatic heterocycles. The lowest BCUT2D eigenvalue weighted by atomic mass is 10.0. The van der Waals surface area contributed by atoms with Gasteiger partial charge >= 0.3 is 5.97 Å². The minimum atomic E-state index is -0.583. The topological polar surface area (TPSA) is 75.7 Å². The molecule has 2 amide bonds. The van der Waals surface area contributed by atoms with E-state index in [1.807, 2.05) is 37.3 Å². The number of thioether (sulfide) groups is 1. The number of rotatable bonds is 6. The summed E-state index contributed by atoms with van der Waals surface area (Å²) in [4.78, 5) is 38.4. The van der Waals surface area contributed by atoms with Crippen molar-refractivity contribution in [2.75, 3.05) is 12.4 Å². The molecule has 2 heterocycles. The second kappa shape index (κ2) is 7.95. The average Bonchev–Trinajstić information content (AvgIpc) is 2.65. The zero-order valence-corrected chi connectivity index (χ0v) is 15.7. The van der Waals surface area contributed by atoms with Gasteiger partial charge in [-0.15, -0.1) is 11.8 Å². The van der Waals surface area contributed by atoms with Crippen molar-refractivity contribution in [3.8, 4) is 0 Å². The van der Waals surface area contributed by atoms with Crippen LogP contribution >= 0.6 is 11.8 Å². The summed E-state index contributed by atoms with van der Waals surface area (Å²) in [5.74, 6) is -0.245. The SMILES string of the molecule is CCOC(=O)C1=C(C)CS[C@@H]2[C@H](NC(=O)CCc3ccccc3)C(=O)N12. The molecule has 1 aromatic carbocycles. The Kier molecular flexibility index (Phi) is 5.66. The van der Waals surface area contributed by atoms with E-state index in [2.05, 4.69) is 5.32 Å². The third kappa shape index (κ3) is 3.62. The molecular formula is C19H22N2O4S. The van der Waals surface area contributed by atoms with E-state index in [4.69, 9.17) is 4.74 Å². The van der Waals surface area contributed by atoms with Gasteiger partial charge in [0, 0.05) is 12.2 Å². The molecule has 7 heteroatoms. The predicted octanol–water partition coefficient (Wildman–Crippen LogP) is 1.86. The van der Waals surface area contributed by atoms with Gasteiger partial charge in [0.15, 0.2) is 0 Å². The van der Waals surface area contributed by atoms with Crippen LogP contribution in [0.25, 0.3) is 0 Å². The number of carbonyl (C=O) groups is 3. The highest BCUT2D eigenvalue weighted by Crippen LogP contribution is 2.40. The number of β-lactam (4-membered cyclic amide) rings is 1. The minimum absolute atomic E-state index is 0.156. The molecule has 0 spiro atoms. The number of nitrogens with zero attached hydrogens (tertiary/aromatic N) is 1. The van der Waals surface area contributed by atoms with Gasteiger partial charge in [-0.1, -0.05) is 30.3 Å². The van der Waals surface area contributed by atoms with E-state index < -0.39 is 12.0 Å². The van der Waals surface area contributed by atoms with Gasteiger partial charge in [-0.05, 0) is 31.4 Å². The monoisotopic (exact) mass is 374 g/mol. The highest BCUT2D eigenvalue weighted by Gasteiger charge is 2.53. The highest BCUT2D eigenvalue weighted by atomic mass is 32.2. The first-order valence-electron chi connectivity index (χ1n) is 8.67. The van der Waals surface area contributed by atoms with Crippen molar-refractivity contribution in [3.63, 3.8) is 0 Å². The van der Waals surface area contributed by atoms with Crippen molar-refractivity contribution in [1.82, 2.24) is 10.2 Å². The van der Waals surface area contributed by atoms with E-state index in [-0.39, 0.29) is 23.8 Å². The summed E-state index contributed by atoms with van der Waals surface area (Å²) in [6, 6.07) is 9.16. The quantitative estimate of drug-likeness (QED) is 0.608. The Morgan fingerprint density at radius 3 is 2.73 bits per heavy atom. The first-order valence-corrected chi connectivity index (χ1v) is 9.72. The Bertz CT molecular complexity index is 747. The molecule has 0 radical (unpaired) electrons. The molecule has 26 heavy (non-hydrogen) atoms. The third-order valence-corrected chi connectivity index (χ3v) is 5.85. The van der Waals surface area contributed by atoms with Crippen LogP contribution in [0.1, 0.15) is 25.8 Å². The van der Waals surface area contributed by atoms with Crippen molar-refractivity contribution >= 4 is 29.5 Å². The Morgan fingerprint density at radius 2 is 2.04 bits per heavy atom. The third-order valence-electron chi connectivity index (χ3n) is 4.43. The molecule has 0 aromatic heterocycles. The summed E-state index contributed by atoms with van der Waals surface area (Å²) in [6.07, 6.45) is 0.951. The van der Waals surface area contributed by atoms with Crippen LogP contribution in [0.3, 0.4) is 0 Å². The first kappa shape index (κ1) is 18.5. The maximum Gasteiger partial charge on any atom is 0.355 e. The molecular weight excluding hydrogens is 352 g/mol. The summed E-state index contributed by atoms with van der Waals surface area (Å²) >= 11 is 1.55. The van der Waals surface area contributed by atoms with Crippen molar-refractivity contribution in [3.05, 3.63) is 47.2 Å². The fourth-order valence-corrected chi connectivity index (χ4v) is 4.40. The number of hydrogen-bond donors (Lipinski definition) is 1. The summed E-state index contributed by atoms with van der Waals surface area (Å²) in [6.45, 7) is 3.82. The fraction of sp³-hybridized carbons (Fsp3) is 0.421. The second-order valence-electron chi connectivity index (χ2n) is 6.29. The second-order valence-corrected chi connectivity index (χ2v) is 7.39. The Morgan fingerprint density at radius 1 is 1.31 bits per heavy atom. The number of carbonyl (C=O) groups excluding carboxylic acids is 3. The number of fused-ring (bicyclic) bond motifs is 1. The maximum atomic E-state index is 12.5. The van der Waals surface area contributed by atoms with Crippen LogP contribution in [0.4, 0.5) is 0 Å². The van der Waals surface area contributed by atoms with Crippen molar-refractivity contribution < 1.29 is 19.1 Å². The van der Waals surface area contributed by atoms with E-state index in [1.165, 1.54) is 4.90 Å². The van der Waals surface area contributed by atoms with Crippen LogP contribution in [0.15, 0.2) is 41.6 Å². The summed E-state index contributed by atoms with van der Waals surface area (Å²) in [5, 5.41) is 2.57. The van der Waals surface area contributed by atoms with Crippen molar-refractivity contribution in [2.24, 2.45) is 0 Å². The van der Waals surface area contributed by atoms with Crippen molar-refractivity contribution in [1.29, 1.82) is 0 Å². The number of amides is 2. The molecule has 0 bridgehead atoms. The molecule has 0 unspecified atom stereocenters. The van der Waals surface area contributed by atoms with E-state index >= 15 is 0 Å². The first-order chi connectivity index (χ1) is 12.5. The molecule has 138 valence electrons. The van der Waals surface area contributed by atoms with E-state index in [9.17, 15) is 14.4 Å². The van der Waals surface area contributed by atoms with Crippen LogP contribution in [0, 0.1) is 0 Å². The van der Waals surface area contributed by atoms with Crippen LogP contribution in [0.2, 0.25) is 0 Å². The molecule has 1 N–H and O–H groups in total. The van der Waals surface area contributed by atoms with Gasteiger partial charge in [-0.25, -0.2) is 4.79 Å². The zero-order valence-electron chi connectivity index (χ0n) is 14.9. The highest BCUT2D eigenvalue weighted by molar-refractivity contribution is 8.00. The fourth-order valence-electron chi connectivity index (χ4n) is 3.11. The van der Waals surface area contributed by atoms with Gasteiger partial charge < -0.3 is 10.1 Å². The molecule has 2 atom stereocenters. The normalized spacial score (nSPS) is 21.8. The van der Waals surface area contributed by atoms with E-state index in [1.54, 1.807) is 18.7 Å². The van der Waals surface area contributed by atoms with Gasteiger partial charge in [-0.2, -0.15) is 0 Å². The smallest absolute Gasteiger partial charge is 0.355 e. The standard InChI is InChI=1S/C19H22N2O4S/c1-3-25-19(24)16-12(2)11-26-18-15(17(23)21(16)18)20-14(22)10-9-13-7-5-4-6-8-13/h4-8,15,18H,3,9-11H2,1-2H3,(H,20,22)/t15-,18-/m1/s1. The molecule has 1 fully saturated rings. The Hall–Kier alpha value is -2.28. The predicted molar refractivity (Wildman–Crippen MR) is 99.1 cm³/mol. The molecule has 0 aliphatic carbocycles. The molecule has 6 nitrogen and oxygen atoms in total. The van der Waals surface area contributed by atoms with Crippen LogP contribution < -0.4 is 5.32 Å². The van der Waals surface area contributed by atoms with Gasteiger partial charge in [0.2, 0.25) is 5.91 Å². The van der Waals surface area contributed by atoms with E-state index in [0.717, 1.165) is 11.1 Å². The van der Waals surface area contributed by atoms with Gasteiger partial charge in [0.1, 0.15) is 17.1 Å². The lowest BCUT2D eigenvalue weighted by Gasteiger charge is -2.49. The number of aryl methyl sites for hydroxylation is 1. The lowest BCUT2D eigenvalue weighted by molar-refractivity contribution is -0.152. The molecule has 1 aromatic rings. The number of ether oxygens (including phenoxy) is 1. The Balaban J connectivity index is 1.60. The van der Waals surface area contributed by atoms with Gasteiger partial charge in [0.25, 0.3) is 5.91 Å². The lowest BCUT2D eigenvalue weighted by Crippen LogP contribution is -2.70. The molecule has 0 saturated carbocycles. The van der Waals surface area contributed by atoms with Gasteiger partial charge in [-0.3, -0.25) is 14.5 Å². The molecule has 1 saturated heterocycles. The summed E-state index contributed by atoms with van der Waals surface area (Å²) < 4.78 is 5.07. The molecule has 3 rings (SSSR count). The number of esters is 1. The minimum Gasteiger partial charge on any atom is -0.461 e. The number of benzene rings is 1. The zero-order chi connectivity index (χ0) is 18.7. The van der Waals surface area contributed by atoms with Crippen molar-refractivity contribution in [2.45, 2.75) is 38.1 Å². The largest absolute Gasteiger partial charge is 0.461 e. The summed E-state index contributed by atoms with van der Waals surface area (Å²) in [7, 11) is 0. The van der Waals surface area contributed by atoms with Crippen LogP contribution in [-0.4, -0.2) is 46.5 Å². The van der Waals surface area contributed by atoms with Crippen LogP contribution in [0.5, 0.6) is 0 Å². The van der Waals surface area contributed by atoms with E-state index in [0.29, 0.717) is 24.3 Å². The number of nitrogens with one attached hydrogen (secondary N) is 1. The Labute approximate surface area is 157 Å². The molecule has 2 aliphatic rings. The van der Waals surface area contributed by atoms with Crippen LogP contribution in [-0.2, 0) is 25.5 Å². The average molecular weight is 374 g/mol. The summed E-state index contributed by atoms with van der Waals surface area (Å²) in [5.41, 5.74) is 2.24. The maximum absolute atomic E-state index is 12.5.